The van der Waals surface area contributed by atoms with E-state index < -0.39 is 0 Å². The molecule has 11 heavy (non-hydrogen) atoms. The monoisotopic (exact) mass is 145 g/mol. The van der Waals surface area contributed by atoms with Gasteiger partial charge in [-0.15, -0.1) is 0 Å². The second-order valence-electron chi connectivity index (χ2n) is 1.97. The average molecular weight is 145 g/mol. The van der Waals surface area contributed by atoms with Gasteiger partial charge in [0.2, 0.25) is 0 Å². The highest BCUT2D eigenvalue weighted by Gasteiger charge is 1.98. The molecule has 0 saturated heterocycles. The summed E-state index contributed by atoms with van der Waals surface area (Å²) in [6.07, 6.45) is 2.93. The van der Waals surface area contributed by atoms with E-state index in [-0.39, 0.29) is 0 Å². The number of fused-ring (bicyclic) bond motifs is 1. The van der Waals surface area contributed by atoms with Crippen LogP contribution in [0.1, 0.15) is 5.69 Å². The fourth-order valence-electron chi connectivity index (χ4n) is 0.788. The van der Waals surface area contributed by atoms with E-state index in [1.807, 2.05) is 6.07 Å². The molecule has 2 aromatic heterocycles. The summed E-state index contributed by atoms with van der Waals surface area (Å²) in [4.78, 5) is 7.85. The molecule has 2 heterocycles. The molecule has 5 heteroatoms. The van der Waals surface area contributed by atoms with E-state index in [0.717, 1.165) is 0 Å². The van der Waals surface area contributed by atoms with Crippen LogP contribution in [-0.4, -0.2) is 20.2 Å². The molecule has 0 aliphatic heterocycles. The lowest BCUT2D eigenvalue weighted by Gasteiger charge is -1.85. The number of hydrogen-bond acceptors (Lipinski definition) is 4. The first kappa shape index (κ1) is 5.80. The molecule has 2 rings (SSSR count). The third-order valence-electron chi connectivity index (χ3n) is 1.27. The fourth-order valence-corrected chi connectivity index (χ4v) is 0.788. The Balaban J connectivity index is 2.79. The van der Waals surface area contributed by atoms with Gasteiger partial charge in [-0.05, 0) is 0 Å². The van der Waals surface area contributed by atoms with Crippen molar-refractivity contribution in [2.24, 2.45) is 0 Å². The quantitative estimate of drug-likeness (QED) is 0.575. The lowest BCUT2D eigenvalue weighted by Crippen LogP contribution is -1.84. The summed E-state index contributed by atoms with van der Waals surface area (Å²) in [5, 5.41) is 14.8. The molecule has 0 fully saturated rings. The first-order chi connectivity index (χ1) is 5.40. The summed E-state index contributed by atoms with van der Waals surface area (Å²) in [6.45, 7) is 0. The highest BCUT2D eigenvalue weighted by atomic mass is 15.1. The molecular weight excluding hydrogens is 142 g/mol. The van der Waals surface area contributed by atoms with Crippen LogP contribution in [0.15, 0.2) is 12.4 Å². The van der Waals surface area contributed by atoms with Crippen molar-refractivity contribution in [3.8, 4) is 6.07 Å². The Hall–Kier alpha value is -1.96. The molecule has 52 valence electrons. The number of hydrogen-bond donors (Lipinski definition) is 1. The molecule has 0 spiro atoms. The van der Waals surface area contributed by atoms with Crippen LogP contribution < -0.4 is 0 Å². The van der Waals surface area contributed by atoms with Crippen molar-refractivity contribution >= 4 is 11.2 Å². The zero-order chi connectivity index (χ0) is 7.68. The van der Waals surface area contributed by atoms with E-state index in [1.54, 1.807) is 0 Å². The predicted molar refractivity (Wildman–Crippen MR) is 36.4 cm³/mol. The molecule has 0 unspecified atom stereocenters. The van der Waals surface area contributed by atoms with Crippen molar-refractivity contribution in [3.05, 3.63) is 18.1 Å². The molecule has 1 N–H and O–H groups in total. The largest absolute Gasteiger partial charge is 0.259 e. The Labute approximate surface area is 61.7 Å². The van der Waals surface area contributed by atoms with Gasteiger partial charge in [-0.25, -0.2) is 9.97 Å². The number of nitrogens with zero attached hydrogens (tertiary/aromatic N) is 4. The summed E-state index contributed by atoms with van der Waals surface area (Å²) in [7, 11) is 0. The first-order valence-electron chi connectivity index (χ1n) is 2.96. The summed E-state index contributed by atoms with van der Waals surface area (Å²) in [6, 6.07) is 1.89. The van der Waals surface area contributed by atoms with Crippen LogP contribution in [0.3, 0.4) is 0 Å². The van der Waals surface area contributed by atoms with Gasteiger partial charge < -0.3 is 0 Å². The van der Waals surface area contributed by atoms with Gasteiger partial charge in [0.1, 0.15) is 11.6 Å². The molecule has 0 aromatic carbocycles. The zero-order valence-corrected chi connectivity index (χ0v) is 5.44. The van der Waals surface area contributed by atoms with Crippen molar-refractivity contribution in [1.29, 1.82) is 5.26 Å². The van der Waals surface area contributed by atoms with E-state index in [4.69, 9.17) is 5.26 Å². The van der Waals surface area contributed by atoms with Gasteiger partial charge in [0.05, 0.1) is 12.4 Å². The number of rotatable bonds is 0. The van der Waals surface area contributed by atoms with Crippen molar-refractivity contribution in [2.45, 2.75) is 0 Å². The molecule has 5 nitrogen and oxygen atoms in total. The van der Waals surface area contributed by atoms with Crippen molar-refractivity contribution in [3.63, 3.8) is 0 Å². The third-order valence-corrected chi connectivity index (χ3v) is 1.27. The van der Waals surface area contributed by atoms with E-state index >= 15 is 0 Å². The van der Waals surface area contributed by atoms with Crippen LogP contribution in [0.5, 0.6) is 0 Å². The van der Waals surface area contributed by atoms with Crippen molar-refractivity contribution in [2.75, 3.05) is 0 Å². The van der Waals surface area contributed by atoms with E-state index in [0.29, 0.717) is 16.9 Å². The third kappa shape index (κ3) is 0.809. The van der Waals surface area contributed by atoms with Crippen LogP contribution in [0.25, 0.3) is 11.2 Å². The minimum absolute atomic E-state index is 0.305. The molecule has 0 aliphatic carbocycles. The molecule has 2 aromatic rings. The zero-order valence-electron chi connectivity index (χ0n) is 5.44. The average Bonchev–Trinajstić information content (AvgIpc) is 2.50. The first-order valence-corrected chi connectivity index (χ1v) is 2.96. The second kappa shape index (κ2) is 2.02. The van der Waals surface area contributed by atoms with Gasteiger partial charge in [0, 0.05) is 0 Å². The Morgan fingerprint density at radius 2 is 2.36 bits per heavy atom. The van der Waals surface area contributed by atoms with Gasteiger partial charge >= 0.3 is 0 Å². The second-order valence-corrected chi connectivity index (χ2v) is 1.97. The van der Waals surface area contributed by atoms with Crippen LogP contribution in [0, 0.1) is 11.3 Å². The van der Waals surface area contributed by atoms with Gasteiger partial charge in [-0.3, -0.25) is 5.10 Å². The number of aromatic nitrogens is 4. The maximum absolute atomic E-state index is 8.45. The minimum Gasteiger partial charge on any atom is -0.259 e. The molecular formula is C6H3N5. The van der Waals surface area contributed by atoms with Crippen LogP contribution >= 0.6 is 0 Å². The highest BCUT2D eigenvalue weighted by molar-refractivity contribution is 5.68. The SMILES string of the molecule is N#Cc1cnc2[nH]ncc2n1. The Bertz CT molecular complexity index is 424. The molecule has 0 amide bonds. The Morgan fingerprint density at radius 1 is 1.45 bits per heavy atom. The molecule has 0 bridgehead atoms. The summed E-state index contributed by atoms with van der Waals surface area (Å²) >= 11 is 0. The maximum Gasteiger partial charge on any atom is 0.174 e. The van der Waals surface area contributed by atoms with Gasteiger partial charge in [0.25, 0.3) is 0 Å². The van der Waals surface area contributed by atoms with Gasteiger partial charge in [-0.1, -0.05) is 0 Å². The number of aromatic amines is 1. The number of H-pyrrole nitrogens is 1. The Kier molecular flexibility index (Phi) is 1.07. The lowest BCUT2D eigenvalue weighted by molar-refractivity contribution is 1.09. The topological polar surface area (TPSA) is 78.2 Å². The molecule has 0 saturated carbocycles. The number of nitrogens with one attached hydrogen (secondary N) is 1. The van der Waals surface area contributed by atoms with E-state index in [1.165, 1.54) is 12.4 Å². The van der Waals surface area contributed by atoms with Gasteiger partial charge in [-0.2, -0.15) is 10.4 Å². The van der Waals surface area contributed by atoms with Crippen LogP contribution in [0.4, 0.5) is 0 Å². The summed E-state index contributed by atoms with van der Waals surface area (Å²) < 4.78 is 0. The van der Waals surface area contributed by atoms with Gasteiger partial charge in [0.15, 0.2) is 11.3 Å². The number of nitriles is 1. The Morgan fingerprint density at radius 3 is 3.18 bits per heavy atom. The summed E-state index contributed by atoms with van der Waals surface area (Å²) in [5.74, 6) is 0. The molecule has 0 atom stereocenters. The lowest BCUT2D eigenvalue weighted by atomic mass is 10.4. The fraction of sp³-hybridized carbons (Fsp3) is 0. The minimum atomic E-state index is 0.305. The molecule has 0 aliphatic rings. The maximum atomic E-state index is 8.45. The standard InChI is InChI=1S/C6H3N5/c7-1-4-2-8-6-5(10-4)3-9-11-6/h2-3H,(H,8,9,11). The van der Waals surface area contributed by atoms with Crippen LogP contribution in [-0.2, 0) is 0 Å². The highest BCUT2D eigenvalue weighted by Crippen LogP contribution is 2.02. The van der Waals surface area contributed by atoms with E-state index in [2.05, 4.69) is 20.2 Å². The predicted octanol–water partition coefficient (Wildman–Crippen LogP) is 0.225. The summed E-state index contributed by atoms with van der Waals surface area (Å²) in [5.41, 5.74) is 1.52. The molecule has 0 radical (unpaired) electrons. The normalized spacial score (nSPS) is 9.73. The van der Waals surface area contributed by atoms with E-state index in [9.17, 15) is 0 Å². The van der Waals surface area contributed by atoms with Crippen molar-refractivity contribution < 1.29 is 0 Å². The van der Waals surface area contributed by atoms with Crippen LogP contribution in [0.2, 0.25) is 0 Å². The smallest absolute Gasteiger partial charge is 0.174 e. The van der Waals surface area contributed by atoms with Crippen molar-refractivity contribution in [1.82, 2.24) is 20.2 Å².